The van der Waals surface area contributed by atoms with E-state index in [-0.39, 0.29) is 11.9 Å². The van der Waals surface area contributed by atoms with E-state index in [9.17, 15) is 9.59 Å². The Morgan fingerprint density at radius 1 is 1.44 bits per heavy atom. The summed E-state index contributed by atoms with van der Waals surface area (Å²) in [6, 6.07) is 9.41. The van der Waals surface area contributed by atoms with Crippen LogP contribution in [0.5, 0.6) is 0 Å². The van der Waals surface area contributed by atoms with Crippen LogP contribution >= 0.6 is 11.3 Å². The van der Waals surface area contributed by atoms with Crippen molar-refractivity contribution in [2.24, 2.45) is 0 Å². The van der Waals surface area contributed by atoms with Crippen molar-refractivity contribution in [2.75, 3.05) is 24.5 Å². The second-order valence-electron chi connectivity index (χ2n) is 5.94. The highest BCUT2D eigenvalue weighted by Crippen LogP contribution is 2.24. The third-order valence-electron chi connectivity index (χ3n) is 4.15. The number of rotatable bonds is 6. The molecule has 3 rings (SSSR count). The molecule has 2 heterocycles. The van der Waals surface area contributed by atoms with Crippen molar-refractivity contribution >= 4 is 29.0 Å². The second-order valence-corrected chi connectivity index (χ2v) is 6.97. The number of carbonyl (C=O) groups excluding carboxylic acids is 2. The van der Waals surface area contributed by atoms with Crippen LogP contribution in [0, 0.1) is 6.92 Å². The molecular weight excluding hydrogens is 334 g/mol. The fraction of sp³-hybridized carbons (Fsp3) is 0.263. The van der Waals surface area contributed by atoms with Gasteiger partial charge in [0.25, 0.3) is 5.91 Å². The van der Waals surface area contributed by atoms with E-state index in [0.29, 0.717) is 31.7 Å². The van der Waals surface area contributed by atoms with Gasteiger partial charge in [-0.3, -0.25) is 9.69 Å². The van der Waals surface area contributed by atoms with E-state index in [1.165, 1.54) is 0 Å². The van der Waals surface area contributed by atoms with Crippen molar-refractivity contribution in [1.29, 1.82) is 0 Å². The number of carbonyl (C=O) groups is 2. The third-order valence-corrected chi connectivity index (χ3v) is 5.02. The molecule has 0 spiro atoms. The van der Waals surface area contributed by atoms with Gasteiger partial charge in [-0.1, -0.05) is 12.1 Å². The summed E-state index contributed by atoms with van der Waals surface area (Å²) in [6.07, 6.45) is 1.74. The number of amides is 3. The lowest BCUT2D eigenvalue weighted by Crippen LogP contribution is -2.31. The Balaban J connectivity index is 1.81. The minimum absolute atomic E-state index is 0.0335. The molecule has 1 N–H and O–H groups in total. The van der Waals surface area contributed by atoms with E-state index in [4.69, 9.17) is 0 Å². The van der Waals surface area contributed by atoms with Gasteiger partial charge in [0, 0.05) is 35.8 Å². The predicted octanol–water partition coefficient (Wildman–Crippen LogP) is 3.41. The fourth-order valence-electron chi connectivity index (χ4n) is 2.94. The molecule has 0 saturated carbocycles. The number of hydrogen-bond donors (Lipinski definition) is 1. The molecule has 0 radical (unpaired) electrons. The molecule has 1 fully saturated rings. The summed E-state index contributed by atoms with van der Waals surface area (Å²) in [5.41, 5.74) is 2.39. The Labute approximate surface area is 151 Å². The number of nitrogens with zero attached hydrogens (tertiary/aromatic N) is 2. The van der Waals surface area contributed by atoms with Crippen LogP contribution in [-0.2, 0) is 6.54 Å². The number of hydrogen-bond acceptors (Lipinski definition) is 3. The van der Waals surface area contributed by atoms with Crippen LogP contribution in [0.1, 0.15) is 20.8 Å². The Bertz CT molecular complexity index is 786. The lowest BCUT2D eigenvalue weighted by atomic mass is 10.1. The number of urea groups is 1. The Morgan fingerprint density at radius 2 is 2.28 bits per heavy atom. The van der Waals surface area contributed by atoms with Crippen molar-refractivity contribution in [3.05, 3.63) is 64.4 Å². The maximum Gasteiger partial charge on any atom is 0.322 e. The fourth-order valence-corrected chi connectivity index (χ4v) is 3.66. The van der Waals surface area contributed by atoms with Gasteiger partial charge in [0.05, 0.1) is 6.54 Å². The molecule has 1 aromatic carbocycles. The third kappa shape index (κ3) is 3.74. The smallest absolute Gasteiger partial charge is 0.322 e. The van der Waals surface area contributed by atoms with Gasteiger partial charge in [-0.15, -0.1) is 17.9 Å². The van der Waals surface area contributed by atoms with Gasteiger partial charge in [-0.2, -0.15) is 0 Å². The zero-order chi connectivity index (χ0) is 17.8. The Hall–Kier alpha value is -2.60. The summed E-state index contributed by atoms with van der Waals surface area (Å²) in [5.74, 6) is -0.0335. The molecule has 1 saturated heterocycles. The van der Waals surface area contributed by atoms with Crippen LogP contribution in [0.4, 0.5) is 10.5 Å². The number of aryl methyl sites for hydroxylation is 1. The summed E-state index contributed by atoms with van der Waals surface area (Å²) in [7, 11) is 0. The van der Waals surface area contributed by atoms with Gasteiger partial charge >= 0.3 is 6.03 Å². The lowest BCUT2D eigenvalue weighted by Gasteiger charge is -2.22. The Morgan fingerprint density at radius 3 is 2.88 bits per heavy atom. The first kappa shape index (κ1) is 17.2. The van der Waals surface area contributed by atoms with E-state index >= 15 is 0 Å². The lowest BCUT2D eigenvalue weighted by molar-refractivity contribution is 0.0764. The molecule has 0 bridgehead atoms. The van der Waals surface area contributed by atoms with Crippen LogP contribution < -0.4 is 10.2 Å². The predicted molar refractivity (Wildman–Crippen MR) is 101 cm³/mol. The second kappa shape index (κ2) is 7.53. The molecule has 2 aromatic rings. The van der Waals surface area contributed by atoms with Gasteiger partial charge in [0.1, 0.15) is 0 Å². The normalized spacial score (nSPS) is 13.6. The summed E-state index contributed by atoms with van der Waals surface area (Å²) in [4.78, 5) is 29.4. The SMILES string of the molecule is C=CCN(Cc1cccs1)C(=O)c1ccc(N2CCNC2=O)c(C)c1. The summed E-state index contributed by atoms with van der Waals surface area (Å²) >= 11 is 1.63. The molecular formula is C19H21N3O2S. The topological polar surface area (TPSA) is 52.7 Å². The molecule has 3 amide bonds. The highest BCUT2D eigenvalue weighted by atomic mass is 32.1. The van der Waals surface area contributed by atoms with Gasteiger partial charge in [-0.25, -0.2) is 4.79 Å². The van der Waals surface area contributed by atoms with Crippen LogP contribution in [-0.4, -0.2) is 36.5 Å². The molecule has 6 heteroatoms. The number of benzene rings is 1. The molecule has 25 heavy (non-hydrogen) atoms. The van der Waals surface area contributed by atoms with Gasteiger partial charge in [0.15, 0.2) is 0 Å². The maximum absolute atomic E-state index is 12.9. The first-order chi connectivity index (χ1) is 12.1. The van der Waals surface area contributed by atoms with Crippen LogP contribution in [0.2, 0.25) is 0 Å². The van der Waals surface area contributed by atoms with Crippen molar-refractivity contribution in [1.82, 2.24) is 10.2 Å². The highest BCUT2D eigenvalue weighted by molar-refractivity contribution is 7.09. The van der Waals surface area contributed by atoms with Gasteiger partial charge < -0.3 is 10.2 Å². The van der Waals surface area contributed by atoms with Crippen LogP contribution in [0.15, 0.2) is 48.4 Å². The van der Waals surface area contributed by atoms with Gasteiger partial charge in [0.2, 0.25) is 0 Å². The van der Waals surface area contributed by atoms with Crippen molar-refractivity contribution in [2.45, 2.75) is 13.5 Å². The molecule has 0 atom stereocenters. The molecule has 1 aliphatic rings. The van der Waals surface area contributed by atoms with E-state index in [1.54, 1.807) is 33.3 Å². The van der Waals surface area contributed by atoms with E-state index in [2.05, 4.69) is 11.9 Å². The highest BCUT2D eigenvalue weighted by Gasteiger charge is 2.23. The minimum Gasteiger partial charge on any atom is -0.336 e. The summed E-state index contributed by atoms with van der Waals surface area (Å²) in [6.45, 7) is 8.03. The van der Waals surface area contributed by atoms with E-state index < -0.39 is 0 Å². The summed E-state index contributed by atoms with van der Waals surface area (Å²) in [5, 5.41) is 4.80. The number of anilines is 1. The molecule has 1 aromatic heterocycles. The van der Waals surface area contributed by atoms with E-state index in [1.807, 2.05) is 36.6 Å². The average Bonchev–Trinajstić information content (AvgIpc) is 3.25. The molecule has 1 aliphatic heterocycles. The first-order valence-electron chi connectivity index (χ1n) is 8.18. The number of nitrogens with one attached hydrogen (secondary N) is 1. The number of thiophene rings is 1. The molecule has 0 unspecified atom stereocenters. The molecule has 5 nitrogen and oxygen atoms in total. The van der Waals surface area contributed by atoms with Crippen molar-refractivity contribution in [3.63, 3.8) is 0 Å². The standard InChI is InChI=1S/C19H21N3O2S/c1-3-9-21(13-16-5-4-11-25-16)18(23)15-6-7-17(14(2)12-15)22-10-8-20-19(22)24/h3-7,11-12H,1,8-10,13H2,2H3,(H,20,24). The summed E-state index contributed by atoms with van der Waals surface area (Å²) < 4.78 is 0. The zero-order valence-corrected chi connectivity index (χ0v) is 15.0. The van der Waals surface area contributed by atoms with Crippen molar-refractivity contribution < 1.29 is 9.59 Å². The van der Waals surface area contributed by atoms with Gasteiger partial charge in [-0.05, 0) is 42.1 Å². The molecule has 0 aliphatic carbocycles. The van der Waals surface area contributed by atoms with Crippen LogP contribution in [0.3, 0.4) is 0 Å². The molecule has 130 valence electrons. The maximum atomic E-state index is 12.9. The first-order valence-corrected chi connectivity index (χ1v) is 9.06. The largest absolute Gasteiger partial charge is 0.336 e. The Kier molecular flexibility index (Phi) is 5.19. The monoisotopic (exact) mass is 355 g/mol. The van der Waals surface area contributed by atoms with E-state index in [0.717, 1.165) is 16.1 Å². The van der Waals surface area contributed by atoms with Crippen LogP contribution in [0.25, 0.3) is 0 Å². The average molecular weight is 355 g/mol. The zero-order valence-electron chi connectivity index (χ0n) is 14.2. The minimum atomic E-state index is -0.0897. The van der Waals surface area contributed by atoms with Crippen molar-refractivity contribution in [3.8, 4) is 0 Å². The quantitative estimate of drug-likeness (QED) is 0.807.